The molecule has 3 heterocycles. The van der Waals surface area contributed by atoms with Gasteiger partial charge < -0.3 is 9.97 Å². The number of fused-ring (bicyclic) bond motifs is 3. The summed E-state index contributed by atoms with van der Waals surface area (Å²) >= 11 is 1.83. The third kappa shape index (κ3) is 9.30. The molecule has 0 saturated heterocycles. The van der Waals surface area contributed by atoms with Gasteiger partial charge in [0.15, 0.2) is 0 Å². The molecule has 0 aliphatic carbocycles. The van der Waals surface area contributed by atoms with E-state index in [9.17, 15) is 0 Å². The second kappa shape index (κ2) is 17.5. The van der Waals surface area contributed by atoms with Crippen molar-refractivity contribution in [1.82, 2.24) is 9.97 Å². The maximum atomic E-state index is 7.84. The number of nitrogens with zero attached hydrogens (tertiary/aromatic N) is 2. The van der Waals surface area contributed by atoms with Crippen molar-refractivity contribution in [3.63, 3.8) is 0 Å². The number of hydrogen-bond donors (Lipinski definition) is 0. The Bertz CT molecular complexity index is 2970. The van der Waals surface area contributed by atoms with Gasteiger partial charge in [-0.3, -0.25) is 0 Å². The minimum absolute atomic E-state index is 0. The van der Waals surface area contributed by atoms with Crippen LogP contribution in [0.3, 0.4) is 0 Å². The quantitative estimate of drug-likeness (QED) is 0.123. The zero-order valence-corrected chi connectivity index (χ0v) is 38.4. The summed E-state index contributed by atoms with van der Waals surface area (Å²) in [4.78, 5) is 9.33. The number of pyridine rings is 2. The maximum absolute atomic E-state index is 7.84. The summed E-state index contributed by atoms with van der Waals surface area (Å²) in [6.07, 6.45) is 3.86. The van der Waals surface area contributed by atoms with Crippen LogP contribution in [-0.2, 0) is 25.5 Å². The molecule has 0 amide bonds. The van der Waals surface area contributed by atoms with Gasteiger partial charge in [-0.1, -0.05) is 161 Å². The molecule has 1 radical (unpaired) electrons. The zero-order chi connectivity index (χ0) is 42.9. The fourth-order valence-electron chi connectivity index (χ4n) is 7.15. The average Bonchev–Trinajstić information content (AvgIpc) is 3.65. The van der Waals surface area contributed by atoms with Gasteiger partial charge in [0.25, 0.3) is 0 Å². The second-order valence-electron chi connectivity index (χ2n) is 16.8. The number of hydrogen-bond acceptors (Lipinski definition) is 3. The summed E-state index contributed by atoms with van der Waals surface area (Å²) < 4.78 is 26.0. The molecule has 0 bridgehead atoms. The summed E-state index contributed by atoms with van der Waals surface area (Å²) in [7, 11) is -1.40. The Morgan fingerprint density at radius 3 is 2.00 bits per heavy atom. The van der Waals surface area contributed by atoms with Gasteiger partial charge in [0.2, 0.25) is 0 Å². The van der Waals surface area contributed by atoms with Crippen molar-refractivity contribution < 1.29 is 24.2 Å². The first-order valence-corrected chi connectivity index (χ1v) is 24.0. The van der Waals surface area contributed by atoms with Crippen LogP contribution in [0.5, 0.6) is 0 Å². The van der Waals surface area contributed by atoms with Crippen LogP contribution in [-0.4, -0.2) is 18.0 Å². The largest absolute Gasteiger partial charge is 0.305 e. The fraction of sp³-hybridized carbons (Fsp3) is 0.148. The SMILES string of the molecule is CC(C)(C)c1ccnc(-c2[c-]ccc3c2sc2ccc(-c4cccc(-c5ccccc5)c4)cc23)c1.[2H]C([2H])([2H])c1c[c-]c(-c2ccc([Si](C)(C)C)cn2)cc1-c1ccccc1.[Ir]. The van der Waals surface area contributed by atoms with Crippen molar-refractivity contribution in [3.8, 4) is 55.9 Å². The number of aryl methyl sites for hydroxylation is 1. The molecule has 0 aliphatic heterocycles. The molecular weight excluding hydrogens is 929 g/mol. The Morgan fingerprint density at radius 1 is 0.627 bits per heavy atom. The molecule has 5 heteroatoms. The van der Waals surface area contributed by atoms with Crippen molar-refractivity contribution in [3.05, 3.63) is 187 Å². The van der Waals surface area contributed by atoms with Crippen LogP contribution in [0.4, 0.5) is 0 Å². The van der Waals surface area contributed by atoms with Crippen LogP contribution >= 0.6 is 11.3 Å². The van der Waals surface area contributed by atoms with Crippen LogP contribution in [0.1, 0.15) is 36.0 Å². The number of thiophene rings is 1. The molecule has 295 valence electrons. The molecule has 2 nitrogen and oxygen atoms in total. The minimum atomic E-state index is -2.19. The standard InChI is InChI=1S/C33H26NS.C21H22NSi.Ir/c1-33(2,3)26-17-18-34-30(21-26)28-14-8-13-27-29-20-25(15-16-31(29)35-32(27)28)24-12-7-11-23(19-24)22-9-5-4-6-10-22;1-16-10-11-18(14-20(16)17-8-6-5-7-9-17)21-13-12-19(15-22-21)23(2,3)4;/h4-13,15-21H,1-3H3;5-10,12-15H,1-4H3;/q2*-1;/i;1D3;. The molecule has 0 N–H and O–H groups in total. The van der Waals surface area contributed by atoms with E-state index in [-0.39, 0.29) is 25.5 Å². The molecule has 59 heavy (non-hydrogen) atoms. The third-order valence-electron chi connectivity index (χ3n) is 10.6. The smallest absolute Gasteiger partial charge is 0.0795 e. The van der Waals surface area contributed by atoms with Crippen molar-refractivity contribution in [2.45, 2.75) is 52.7 Å². The van der Waals surface area contributed by atoms with E-state index in [1.807, 2.05) is 72.3 Å². The maximum Gasteiger partial charge on any atom is 0.0795 e. The third-order valence-corrected chi connectivity index (χ3v) is 13.8. The van der Waals surface area contributed by atoms with E-state index in [4.69, 9.17) is 9.10 Å². The van der Waals surface area contributed by atoms with Crippen molar-refractivity contribution >= 4 is 44.8 Å². The Hall–Kier alpha value is -5.29. The number of benzene rings is 6. The average molecular weight is 980 g/mol. The van der Waals surface area contributed by atoms with Gasteiger partial charge in [-0.25, -0.2) is 0 Å². The predicted molar refractivity (Wildman–Crippen MR) is 253 cm³/mol. The summed E-state index contributed by atoms with van der Waals surface area (Å²) in [5.41, 5.74) is 11.9. The molecule has 0 unspecified atom stereocenters. The van der Waals surface area contributed by atoms with Gasteiger partial charge in [0.05, 0.1) is 8.07 Å². The number of aromatic nitrogens is 2. The fourth-order valence-corrected chi connectivity index (χ4v) is 9.37. The first-order valence-electron chi connectivity index (χ1n) is 21.2. The monoisotopic (exact) mass is 980 g/mol. The van der Waals surface area contributed by atoms with Crippen LogP contribution < -0.4 is 5.19 Å². The van der Waals surface area contributed by atoms with Gasteiger partial charge >= 0.3 is 0 Å². The van der Waals surface area contributed by atoms with Gasteiger partial charge in [-0.2, -0.15) is 11.3 Å². The van der Waals surface area contributed by atoms with E-state index >= 15 is 0 Å². The van der Waals surface area contributed by atoms with Crippen molar-refractivity contribution in [2.75, 3.05) is 0 Å². The summed E-state index contributed by atoms with van der Waals surface area (Å²) in [6.45, 7) is 11.4. The van der Waals surface area contributed by atoms with Crippen molar-refractivity contribution in [1.29, 1.82) is 0 Å². The van der Waals surface area contributed by atoms with Crippen LogP contribution in [0.25, 0.3) is 76.1 Å². The summed E-state index contributed by atoms with van der Waals surface area (Å²) in [5, 5.41) is 3.85. The van der Waals surface area contributed by atoms with E-state index in [2.05, 4.69) is 155 Å². The molecule has 6 aromatic carbocycles. The van der Waals surface area contributed by atoms with E-state index in [1.54, 1.807) is 6.07 Å². The first-order chi connectivity index (χ1) is 29.1. The van der Waals surface area contributed by atoms with Crippen molar-refractivity contribution in [2.24, 2.45) is 0 Å². The van der Waals surface area contributed by atoms with Crippen LogP contribution in [0.2, 0.25) is 19.6 Å². The van der Waals surface area contributed by atoms with Crippen LogP contribution in [0.15, 0.2) is 164 Å². The van der Waals surface area contributed by atoms with Gasteiger partial charge in [-0.05, 0) is 89.7 Å². The molecule has 0 atom stereocenters. The molecule has 9 rings (SSSR count). The van der Waals surface area contributed by atoms with E-state index in [1.165, 1.54) is 53.2 Å². The Kier molecular flexibility index (Phi) is 11.3. The van der Waals surface area contributed by atoms with Crippen LogP contribution in [0, 0.1) is 19.0 Å². The van der Waals surface area contributed by atoms with Gasteiger partial charge in [-0.15, -0.1) is 53.1 Å². The molecule has 0 aliphatic rings. The molecular formula is C54H48IrN2SSi-2. The van der Waals surface area contributed by atoms with E-state index < -0.39 is 14.9 Å². The first kappa shape index (κ1) is 37.9. The number of rotatable bonds is 6. The minimum Gasteiger partial charge on any atom is -0.305 e. The molecule has 3 aromatic heterocycles. The predicted octanol–water partition coefficient (Wildman–Crippen LogP) is 14.6. The van der Waals surface area contributed by atoms with Gasteiger partial charge in [0, 0.05) is 41.3 Å². The molecule has 0 saturated carbocycles. The normalized spacial score (nSPS) is 12.5. The molecule has 9 aromatic rings. The van der Waals surface area contributed by atoms with E-state index in [0.29, 0.717) is 11.1 Å². The van der Waals surface area contributed by atoms with Gasteiger partial charge in [0.1, 0.15) is 0 Å². The topological polar surface area (TPSA) is 25.8 Å². The summed E-state index contributed by atoms with van der Waals surface area (Å²) in [6, 6.07) is 58.6. The van der Waals surface area contributed by atoms with E-state index in [0.717, 1.165) is 28.1 Å². The summed E-state index contributed by atoms with van der Waals surface area (Å²) in [5.74, 6) is 0. The Balaban J connectivity index is 0.000000192. The second-order valence-corrected chi connectivity index (χ2v) is 22.9. The molecule has 0 fully saturated rings. The molecule has 0 spiro atoms. The Labute approximate surface area is 372 Å². The zero-order valence-electron chi connectivity index (χ0n) is 37.2. The Morgan fingerprint density at radius 2 is 1.32 bits per heavy atom.